The molecule has 2 fully saturated rings. The molecular weight excluding hydrogens is 502 g/mol. The Hall–Kier alpha value is -2.24. The number of aromatic nitrogens is 2. The fraction of sp³-hybridized carbons (Fsp3) is 0.565. The van der Waals surface area contributed by atoms with Crippen LogP contribution >= 0.6 is 11.6 Å². The molecule has 4 rings (SSSR count). The van der Waals surface area contributed by atoms with Crippen LogP contribution in [-0.2, 0) is 10.0 Å². The van der Waals surface area contributed by atoms with Crippen LogP contribution in [0.3, 0.4) is 0 Å². The predicted octanol–water partition coefficient (Wildman–Crippen LogP) is 3.30. The lowest BCUT2D eigenvalue weighted by Gasteiger charge is -2.36. The Kier molecular flexibility index (Phi) is 8.28. The third kappa shape index (κ3) is 6.13. The molecule has 2 aliphatic rings. The van der Waals surface area contributed by atoms with E-state index in [0.29, 0.717) is 25.2 Å². The lowest BCUT2D eigenvalue weighted by Crippen LogP contribution is -2.49. The molecule has 0 unspecified atom stereocenters. The van der Waals surface area contributed by atoms with Gasteiger partial charge in [-0.05, 0) is 44.2 Å². The van der Waals surface area contributed by atoms with Crippen LogP contribution in [0, 0.1) is 11.6 Å². The zero-order valence-electron chi connectivity index (χ0n) is 19.3. The maximum absolute atomic E-state index is 13.8. The molecule has 0 N–H and O–H groups in total. The Bertz CT molecular complexity index is 1180. The molecule has 0 amide bonds. The molecule has 1 aliphatic heterocycles. The summed E-state index contributed by atoms with van der Waals surface area (Å²) >= 11 is 5.65. The lowest BCUT2D eigenvalue weighted by atomic mass is 9.98. The van der Waals surface area contributed by atoms with Crippen molar-refractivity contribution in [3.8, 4) is 11.4 Å². The number of anilines is 1. The van der Waals surface area contributed by atoms with Gasteiger partial charge in [0.15, 0.2) is 0 Å². The highest BCUT2D eigenvalue weighted by Gasteiger charge is 2.30. The number of alkyl halides is 1. The number of hydrogen-bond donors (Lipinski definition) is 0. The highest BCUT2D eigenvalue weighted by molar-refractivity contribution is 7.89. The van der Waals surface area contributed by atoms with Gasteiger partial charge in [-0.15, -0.1) is 11.6 Å². The molecule has 1 aromatic carbocycles. The van der Waals surface area contributed by atoms with E-state index in [1.807, 2.05) is 4.90 Å². The van der Waals surface area contributed by atoms with Gasteiger partial charge in [-0.1, -0.05) is 6.42 Å². The lowest BCUT2D eigenvalue weighted by molar-refractivity contribution is 0.152. The third-order valence-electron chi connectivity index (χ3n) is 6.35. The maximum atomic E-state index is 13.8. The first-order valence-corrected chi connectivity index (χ1v) is 14.0. The summed E-state index contributed by atoms with van der Waals surface area (Å²) in [4.78, 5) is 15.3. The number of ether oxygens (including phenoxy) is 1. The molecule has 0 radical (unpaired) electrons. The fourth-order valence-electron chi connectivity index (χ4n) is 4.53. The van der Waals surface area contributed by atoms with Crippen LogP contribution in [-0.4, -0.2) is 66.4 Å². The molecule has 1 saturated carbocycles. The summed E-state index contributed by atoms with van der Waals surface area (Å²) in [5.41, 5.74) is -0.204. The first-order chi connectivity index (χ1) is 16.8. The van der Waals surface area contributed by atoms with Crippen molar-refractivity contribution in [1.82, 2.24) is 14.1 Å². The number of halogens is 3. The SMILES string of the molecule is O=c1c(OC2CCCCC2)c(N2CCN(S(=O)(=O)CCCCl)CC2)cnn1-c1cc(F)cc(F)c1. The Morgan fingerprint density at radius 2 is 1.69 bits per heavy atom. The van der Waals surface area contributed by atoms with Crippen molar-refractivity contribution >= 4 is 27.3 Å². The van der Waals surface area contributed by atoms with Crippen LogP contribution in [0.4, 0.5) is 14.5 Å². The summed E-state index contributed by atoms with van der Waals surface area (Å²) in [5, 5.41) is 4.17. The molecule has 1 saturated heterocycles. The topological polar surface area (TPSA) is 84.7 Å². The third-order valence-corrected chi connectivity index (χ3v) is 8.58. The van der Waals surface area contributed by atoms with E-state index < -0.39 is 27.2 Å². The van der Waals surface area contributed by atoms with E-state index in [1.54, 1.807) is 0 Å². The molecule has 192 valence electrons. The minimum atomic E-state index is -3.40. The van der Waals surface area contributed by atoms with E-state index >= 15 is 0 Å². The average Bonchev–Trinajstić information content (AvgIpc) is 2.84. The van der Waals surface area contributed by atoms with Crippen molar-refractivity contribution in [2.45, 2.75) is 44.6 Å². The second-order valence-electron chi connectivity index (χ2n) is 8.83. The van der Waals surface area contributed by atoms with Crippen molar-refractivity contribution in [1.29, 1.82) is 0 Å². The van der Waals surface area contributed by atoms with E-state index in [2.05, 4.69) is 5.10 Å². The van der Waals surface area contributed by atoms with Crippen molar-refractivity contribution in [3.63, 3.8) is 0 Å². The highest BCUT2D eigenvalue weighted by atomic mass is 35.5. The standard InChI is InChI=1S/C23H29ClF2N4O4S/c24-7-4-12-35(32,33)29-10-8-28(9-11-29)21-16-27-30(19-14-17(25)13-18(26)15-19)23(31)22(21)34-20-5-2-1-3-6-20/h13-16,20H,1-12H2. The van der Waals surface area contributed by atoms with Gasteiger partial charge in [0.25, 0.3) is 0 Å². The Morgan fingerprint density at radius 3 is 2.31 bits per heavy atom. The van der Waals surface area contributed by atoms with E-state index in [-0.39, 0.29) is 42.3 Å². The van der Waals surface area contributed by atoms with Crippen LogP contribution in [0.5, 0.6) is 5.75 Å². The monoisotopic (exact) mass is 530 g/mol. The molecule has 1 aliphatic carbocycles. The Morgan fingerprint density at radius 1 is 1.03 bits per heavy atom. The fourth-order valence-corrected chi connectivity index (χ4v) is 6.31. The van der Waals surface area contributed by atoms with Crippen LogP contribution in [0.1, 0.15) is 38.5 Å². The second kappa shape index (κ2) is 11.2. The summed E-state index contributed by atoms with van der Waals surface area (Å²) in [5.74, 6) is -1.31. The van der Waals surface area contributed by atoms with Gasteiger partial charge < -0.3 is 9.64 Å². The molecular formula is C23H29ClF2N4O4S. The highest BCUT2D eigenvalue weighted by Crippen LogP contribution is 2.30. The molecule has 8 nitrogen and oxygen atoms in total. The predicted molar refractivity (Wildman–Crippen MR) is 130 cm³/mol. The van der Waals surface area contributed by atoms with Gasteiger partial charge in [0, 0.05) is 38.1 Å². The maximum Gasteiger partial charge on any atom is 0.316 e. The summed E-state index contributed by atoms with van der Waals surface area (Å²) in [6.07, 6.45) is 6.39. The molecule has 2 aromatic rings. The smallest absolute Gasteiger partial charge is 0.316 e. The van der Waals surface area contributed by atoms with Crippen molar-refractivity contribution < 1.29 is 21.9 Å². The van der Waals surface area contributed by atoms with Crippen LogP contribution in [0.25, 0.3) is 5.69 Å². The molecule has 1 aromatic heterocycles. The molecule has 0 atom stereocenters. The van der Waals surface area contributed by atoms with Gasteiger partial charge in [0.2, 0.25) is 15.8 Å². The van der Waals surface area contributed by atoms with Crippen LogP contribution < -0.4 is 15.2 Å². The van der Waals surface area contributed by atoms with Crippen molar-refractivity contribution in [2.75, 3.05) is 42.7 Å². The van der Waals surface area contributed by atoms with Gasteiger partial charge in [-0.2, -0.15) is 14.1 Å². The van der Waals surface area contributed by atoms with Gasteiger partial charge in [0.05, 0.1) is 23.7 Å². The van der Waals surface area contributed by atoms with Gasteiger partial charge >= 0.3 is 5.56 Å². The zero-order valence-corrected chi connectivity index (χ0v) is 20.9. The minimum absolute atomic E-state index is 0.00562. The normalized spacial score (nSPS) is 18.1. The quantitative estimate of drug-likeness (QED) is 0.487. The van der Waals surface area contributed by atoms with Gasteiger partial charge in [-0.25, -0.2) is 17.2 Å². The molecule has 0 bridgehead atoms. The zero-order chi connectivity index (χ0) is 25.0. The van der Waals surface area contributed by atoms with Crippen LogP contribution in [0.2, 0.25) is 0 Å². The number of sulfonamides is 1. The summed E-state index contributed by atoms with van der Waals surface area (Å²) < 4.78 is 61.2. The van der Waals surface area contributed by atoms with Crippen molar-refractivity contribution in [2.24, 2.45) is 0 Å². The molecule has 0 spiro atoms. The van der Waals surface area contributed by atoms with E-state index in [1.165, 1.54) is 10.5 Å². The van der Waals surface area contributed by atoms with Crippen molar-refractivity contribution in [3.05, 3.63) is 46.4 Å². The molecule has 12 heteroatoms. The molecule has 35 heavy (non-hydrogen) atoms. The number of piperazine rings is 1. The average molecular weight is 531 g/mol. The van der Waals surface area contributed by atoms with Gasteiger partial charge in [0.1, 0.15) is 17.3 Å². The van der Waals surface area contributed by atoms with Gasteiger partial charge in [-0.3, -0.25) is 4.79 Å². The largest absolute Gasteiger partial charge is 0.483 e. The Balaban J connectivity index is 1.63. The summed E-state index contributed by atoms with van der Waals surface area (Å²) in [6.45, 7) is 1.21. The number of nitrogens with zero attached hydrogens (tertiary/aromatic N) is 4. The van der Waals surface area contributed by atoms with Crippen LogP contribution in [0.15, 0.2) is 29.2 Å². The van der Waals surface area contributed by atoms with E-state index in [9.17, 15) is 22.0 Å². The number of rotatable bonds is 8. The molecule has 2 heterocycles. The second-order valence-corrected chi connectivity index (χ2v) is 11.3. The minimum Gasteiger partial charge on any atom is -0.483 e. The van der Waals surface area contributed by atoms with E-state index in [0.717, 1.165) is 55.0 Å². The summed E-state index contributed by atoms with van der Waals surface area (Å²) in [7, 11) is -3.40. The summed E-state index contributed by atoms with van der Waals surface area (Å²) in [6, 6.07) is 2.79. The first-order valence-electron chi connectivity index (χ1n) is 11.8. The number of hydrogen-bond acceptors (Lipinski definition) is 6. The first kappa shape index (κ1) is 25.8. The van der Waals surface area contributed by atoms with E-state index in [4.69, 9.17) is 16.3 Å². The number of benzene rings is 1. The Labute approximate surface area is 208 Å².